The van der Waals surface area contributed by atoms with E-state index in [9.17, 15) is 9.59 Å². The van der Waals surface area contributed by atoms with Gasteiger partial charge in [-0.2, -0.15) is 5.10 Å². The van der Waals surface area contributed by atoms with E-state index < -0.39 is 11.1 Å². The Kier molecular flexibility index (Phi) is 6.24. The molecule has 4 heterocycles. The number of pyridine rings is 1. The van der Waals surface area contributed by atoms with Gasteiger partial charge in [0.1, 0.15) is 11.4 Å². The van der Waals surface area contributed by atoms with Crippen molar-refractivity contribution in [3.8, 4) is 0 Å². The van der Waals surface area contributed by atoms with Gasteiger partial charge < -0.3 is 15.0 Å². The molecule has 1 saturated heterocycles. The summed E-state index contributed by atoms with van der Waals surface area (Å²) in [6, 6.07) is 5.76. The summed E-state index contributed by atoms with van der Waals surface area (Å²) in [5.74, 6) is 0.687. The number of anilines is 3. The molecule has 2 aliphatic rings. The molecule has 0 unspecified atom stereocenters. The first-order valence-corrected chi connectivity index (χ1v) is 13.1. The van der Waals surface area contributed by atoms with Gasteiger partial charge >= 0.3 is 12.1 Å². The molecule has 0 bridgehead atoms. The lowest BCUT2D eigenvalue weighted by Crippen LogP contribution is -2.62. The van der Waals surface area contributed by atoms with Crippen LogP contribution in [0.3, 0.4) is 0 Å². The van der Waals surface area contributed by atoms with Crippen LogP contribution in [0, 0.1) is 6.92 Å². The van der Waals surface area contributed by atoms with Crippen molar-refractivity contribution in [1.82, 2.24) is 19.7 Å². The first-order valence-electron chi connectivity index (χ1n) is 13.1. The summed E-state index contributed by atoms with van der Waals surface area (Å²) in [5.41, 5.74) is 3.78. The van der Waals surface area contributed by atoms with Crippen LogP contribution in [-0.2, 0) is 18.2 Å². The first kappa shape index (κ1) is 25.8. The van der Waals surface area contributed by atoms with E-state index in [0.717, 1.165) is 39.8 Å². The normalized spacial score (nSPS) is 17.1. The summed E-state index contributed by atoms with van der Waals surface area (Å²) < 4.78 is 7.42. The molecule has 2 aliphatic heterocycles. The van der Waals surface area contributed by atoms with Crippen LogP contribution in [0.1, 0.15) is 45.7 Å². The molecule has 5 rings (SSSR count). The molecule has 0 atom stereocenters. The standard InChI is InChI=1S/C28H37N7O3/c1-18-14-22-19(16-32(7)31-22)15-21(18)30-25(36)34-11-9-20-23(8-10-29-24(20)34)33-12-13-35(28(5,6)17-33)26(37)38-27(2,3)4/h8,10,14-16H,9,11-13,17H2,1-7H3,(H,30,36). The van der Waals surface area contributed by atoms with Gasteiger partial charge in [0.15, 0.2) is 0 Å². The molecule has 1 fully saturated rings. The van der Waals surface area contributed by atoms with Crippen LogP contribution in [0.15, 0.2) is 30.6 Å². The molecule has 0 radical (unpaired) electrons. The minimum Gasteiger partial charge on any atom is -0.444 e. The van der Waals surface area contributed by atoms with E-state index >= 15 is 0 Å². The van der Waals surface area contributed by atoms with Gasteiger partial charge in [-0.3, -0.25) is 14.5 Å². The number of piperazine rings is 1. The molecule has 2 aromatic heterocycles. The Morgan fingerprint density at radius 3 is 2.61 bits per heavy atom. The minimum absolute atomic E-state index is 0.199. The summed E-state index contributed by atoms with van der Waals surface area (Å²) in [7, 11) is 1.89. The SMILES string of the molecule is Cc1cc2nn(C)cc2cc1NC(=O)N1CCc2c(N3CCN(C(=O)OC(C)(C)C)C(C)(C)C3)ccnc21. The number of nitrogens with zero attached hydrogens (tertiary/aromatic N) is 6. The lowest BCUT2D eigenvalue weighted by Gasteiger charge is -2.48. The van der Waals surface area contributed by atoms with Gasteiger partial charge in [0.05, 0.1) is 11.1 Å². The predicted octanol–water partition coefficient (Wildman–Crippen LogP) is 4.71. The van der Waals surface area contributed by atoms with E-state index in [1.165, 1.54) is 0 Å². The lowest BCUT2D eigenvalue weighted by atomic mass is 9.98. The van der Waals surface area contributed by atoms with E-state index in [0.29, 0.717) is 32.0 Å². The van der Waals surface area contributed by atoms with Gasteiger partial charge in [-0.05, 0) is 71.7 Å². The average molecular weight is 520 g/mol. The van der Waals surface area contributed by atoms with E-state index in [2.05, 4.69) is 34.1 Å². The number of hydrogen-bond donors (Lipinski definition) is 1. The Bertz CT molecular complexity index is 1410. The second-order valence-corrected chi connectivity index (χ2v) is 11.9. The number of rotatable bonds is 2. The fourth-order valence-electron chi connectivity index (χ4n) is 5.40. The second-order valence-electron chi connectivity index (χ2n) is 11.9. The third-order valence-electron chi connectivity index (χ3n) is 7.16. The number of aryl methyl sites for hydroxylation is 2. The van der Waals surface area contributed by atoms with Crippen molar-refractivity contribution in [2.75, 3.05) is 41.3 Å². The molecule has 0 spiro atoms. The molecular weight excluding hydrogens is 482 g/mol. The van der Waals surface area contributed by atoms with Crippen molar-refractivity contribution >= 4 is 40.2 Å². The summed E-state index contributed by atoms with van der Waals surface area (Å²) in [4.78, 5) is 36.6. The molecule has 38 heavy (non-hydrogen) atoms. The largest absolute Gasteiger partial charge is 0.444 e. The molecule has 202 valence electrons. The third kappa shape index (κ3) is 4.87. The van der Waals surface area contributed by atoms with Gasteiger partial charge in [0.25, 0.3) is 0 Å². The number of benzene rings is 1. The van der Waals surface area contributed by atoms with Crippen LogP contribution in [0.4, 0.5) is 26.8 Å². The summed E-state index contributed by atoms with van der Waals surface area (Å²) in [6.45, 7) is 14.2. The number of carbonyl (C=O) groups excluding carboxylic acids is 2. The number of nitrogens with one attached hydrogen (secondary N) is 1. The fraction of sp³-hybridized carbons (Fsp3) is 0.500. The Morgan fingerprint density at radius 2 is 1.89 bits per heavy atom. The Morgan fingerprint density at radius 1 is 1.13 bits per heavy atom. The number of urea groups is 1. The number of fused-ring (bicyclic) bond motifs is 2. The zero-order valence-electron chi connectivity index (χ0n) is 23.3. The second kappa shape index (κ2) is 9.18. The molecule has 0 saturated carbocycles. The molecule has 10 nitrogen and oxygen atoms in total. The topological polar surface area (TPSA) is 95.8 Å². The van der Waals surface area contributed by atoms with E-state index in [-0.39, 0.29) is 12.1 Å². The number of carbonyl (C=O) groups is 2. The Hall–Kier alpha value is -3.82. The van der Waals surface area contributed by atoms with Crippen LogP contribution in [0.2, 0.25) is 0 Å². The van der Waals surface area contributed by atoms with Crippen LogP contribution >= 0.6 is 0 Å². The number of aromatic nitrogens is 3. The highest BCUT2D eigenvalue weighted by Crippen LogP contribution is 2.37. The summed E-state index contributed by atoms with van der Waals surface area (Å²) in [5, 5.41) is 8.50. The first-order chi connectivity index (χ1) is 17.8. The van der Waals surface area contributed by atoms with Gasteiger partial charge in [0.2, 0.25) is 0 Å². The van der Waals surface area contributed by atoms with Gasteiger partial charge in [-0.15, -0.1) is 0 Å². The number of hydrogen-bond acceptors (Lipinski definition) is 6. The molecule has 1 aromatic carbocycles. The predicted molar refractivity (Wildman–Crippen MR) is 149 cm³/mol. The molecule has 10 heteroatoms. The quantitative estimate of drug-likeness (QED) is 0.527. The zero-order chi connectivity index (χ0) is 27.4. The van der Waals surface area contributed by atoms with Crippen molar-refractivity contribution in [3.63, 3.8) is 0 Å². The number of amides is 3. The highest BCUT2D eigenvalue weighted by atomic mass is 16.6. The van der Waals surface area contributed by atoms with E-state index in [1.54, 1.807) is 15.8 Å². The average Bonchev–Trinajstić information content (AvgIpc) is 3.39. The summed E-state index contributed by atoms with van der Waals surface area (Å²) >= 11 is 0. The maximum Gasteiger partial charge on any atom is 0.410 e. The van der Waals surface area contributed by atoms with Crippen molar-refractivity contribution in [3.05, 3.63) is 41.7 Å². The maximum absolute atomic E-state index is 13.4. The third-order valence-corrected chi connectivity index (χ3v) is 7.16. The molecule has 3 amide bonds. The van der Waals surface area contributed by atoms with E-state index in [4.69, 9.17) is 4.74 Å². The summed E-state index contributed by atoms with van der Waals surface area (Å²) in [6.07, 6.45) is 4.14. The minimum atomic E-state index is -0.539. The van der Waals surface area contributed by atoms with Crippen LogP contribution in [0.5, 0.6) is 0 Å². The van der Waals surface area contributed by atoms with Gasteiger partial charge in [-0.25, -0.2) is 14.6 Å². The highest BCUT2D eigenvalue weighted by molar-refractivity contribution is 6.04. The van der Waals surface area contributed by atoms with Crippen molar-refractivity contribution in [1.29, 1.82) is 0 Å². The molecule has 1 N–H and O–H groups in total. The maximum atomic E-state index is 13.4. The zero-order valence-corrected chi connectivity index (χ0v) is 23.3. The van der Waals surface area contributed by atoms with Crippen molar-refractivity contribution in [2.45, 2.75) is 59.1 Å². The Labute approximate surface area is 223 Å². The highest BCUT2D eigenvalue weighted by Gasteiger charge is 2.40. The molecule has 0 aliphatic carbocycles. The van der Waals surface area contributed by atoms with E-state index in [1.807, 2.05) is 64.0 Å². The smallest absolute Gasteiger partial charge is 0.410 e. The van der Waals surface area contributed by atoms with Crippen LogP contribution in [-0.4, -0.2) is 69.1 Å². The molecular formula is C28H37N7O3. The molecule has 3 aromatic rings. The van der Waals surface area contributed by atoms with Gasteiger partial charge in [-0.1, -0.05) is 0 Å². The lowest BCUT2D eigenvalue weighted by molar-refractivity contribution is 0.000364. The van der Waals surface area contributed by atoms with Crippen molar-refractivity contribution < 1.29 is 14.3 Å². The van der Waals surface area contributed by atoms with Gasteiger partial charge in [0, 0.05) is 67.9 Å². The van der Waals surface area contributed by atoms with Crippen LogP contribution in [0.25, 0.3) is 10.9 Å². The van der Waals surface area contributed by atoms with Crippen molar-refractivity contribution in [2.24, 2.45) is 7.05 Å². The monoisotopic (exact) mass is 519 g/mol. The Balaban J connectivity index is 1.34. The van der Waals surface area contributed by atoms with Crippen LogP contribution < -0.4 is 15.1 Å². The fourth-order valence-corrected chi connectivity index (χ4v) is 5.40. The number of ether oxygens (including phenoxy) is 1.